The van der Waals surface area contributed by atoms with Crippen molar-refractivity contribution in [2.75, 3.05) is 20.7 Å². The van der Waals surface area contributed by atoms with Gasteiger partial charge in [-0.3, -0.25) is 4.79 Å². The van der Waals surface area contributed by atoms with E-state index >= 15 is 0 Å². The van der Waals surface area contributed by atoms with Gasteiger partial charge in [0.05, 0.1) is 12.2 Å². The molecule has 1 aromatic heterocycles. The van der Waals surface area contributed by atoms with E-state index in [0.717, 1.165) is 12.8 Å². The second-order valence-electron chi connectivity index (χ2n) is 7.01. The molecular weight excluding hydrogens is 351 g/mol. The van der Waals surface area contributed by atoms with Gasteiger partial charge in [0, 0.05) is 26.4 Å². The van der Waals surface area contributed by atoms with Crippen molar-refractivity contribution in [3.05, 3.63) is 34.9 Å². The van der Waals surface area contributed by atoms with Crippen LogP contribution in [0.1, 0.15) is 52.0 Å². The number of ether oxygens (including phenoxy) is 1. The van der Waals surface area contributed by atoms with Crippen LogP contribution in [0, 0.1) is 11.3 Å². The quantitative estimate of drug-likeness (QED) is 0.756. The molecule has 0 saturated heterocycles. The normalized spacial score (nSPS) is 21.2. The predicted octanol–water partition coefficient (Wildman–Crippen LogP) is 3.69. The standard InChI is InChI=1S/C18H20F3NO4/c1-4-25-16(24)15-13(18(19,20)21)12-11(26-15)9-17(6-7-17)10(14(12)23)5-8-22(2)3/h5,8,10H,4,6-7,9H2,1-3H3/b8-5-. The molecule has 1 aromatic rings. The van der Waals surface area contributed by atoms with Gasteiger partial charge >= 0.3 is 12.1 Å². The molecule has 1 heterocycles. The van der Waals surface area contributed by atoms with E-state index in [4.69, 9.17) is 4.42 Å². The van der Waals surface area contributed by atoms with Gasteiger partial charge in [-0.05, 0) is 31.4 Å². The summed E-state index contributed by atoms with van der Waals surface area (Å²) in [6.45, 7) is 1.40. The number of furan rings is 1. The molecule has 0 radical (unpaired) electrons. The van der Waals surface area contributed by atoms with Crippen molar-refractivity contribution < 1.29 is 31.9 Å². The van der Waals surface area contributed by atoms with Gasteiger partial charge in [0.2, 0.25) is 5.76 Å². The van der Waals surface area contributed by atoms with E-state index in [2.05, 4.69) is 4.74 Å². The first-order valence-electron chi connectivity index (χ1n) is 8.39. The minimum absolute atomic E-state index is 0.0580. The predicted molar refractivity (Wildman–Crippen MR) is 85.7 cm³/mol. The summed E-state index contributed by atoms with van der Waals surface area (Å²) in [7, 11) is 3.54. The number of hydrogen-bond donors (Lipinski definition) is 0. The Balaban J connectivity index is 2.13. The molecule has 1 fully saturated rings. The lowest BCUT2D eigenvalue weighted by atomic mass is 9.74. The fourth-order valence-corrected chi connectivity index (χ4v) is 3.54. The Bertz CT molecular complexity index is 772. The van der Waals surface area contributed by atoms with E-state index < -0.39 is 46.1 Å². The zero-order valence-corrected chi connectivity index (χ0v) is 14.8. The Hall–Kier alpha value is -2.25. The molecule has 1 saturated carbocycles. The monoisotopic (exact) mass is 371 g/mol. The highest BCUT2D eigenvalue weighted by atomic mass is 19.4. The highest BCUT2D eigenvalue weighted by Gasteiger charge is 2.58. The van der Waals surface area contributed by atoms with Crippen LogP contribution in [0.25, 0.3) is 0 Å². The number of Topliss-reactive ketones (excluding diaryl/α,β-unsaturated/α-hetero) is 1. The summed E-state index contributed by atoms with van der Waals surface area (Å²) < 4.78 is 50.9. The number of alkyl halides is 3. The molecule has 0 N–H and O–H groups in total. The summed E-state index contributed by atoms with van der Waals surface area (Å²) in [5.74, 6) is -3.49. The van der Waals surface area contributed by atoms with Crippen molar-refractivity contribution in [2.45, 2.75) is 32.4 Å². The van der Waals surface area contributed by atoms with Gasteiger partial charge in [0.25, 0.3) is 0 Å². The first kappa shape index (κ1) is 18.5. The third-order valence-electron chi connectivity index (χ3n) is 4.90. The van der Waals surface area contributed by atoms with Crippen LogP contribution in [-0.4, -0.2) is 37.4 Å². The summed E-state index contributed by atoms with van der Waals surface area (Å²) in [4.78, 5) is 26.7. The first-order valence-corrected chi connectivity index (χ1v) is 8.39. The number of fused-ring (bicyclic) bond motifs is 1. The number of hydrogen-bond acceptors (Lipinski definition) is 5. The molecule has 2 aliphatic carbocycles. The Morgan fingerprint density at radius 2 is 2.04 bits per heavy atom. The maximum absolute atomic E-state index is 13.6. The maximum Gasteiger partial charge on any atom is 0.421 e. The highest BCUT2D eigenvalue weighted by Crippen LogP contribution is 2.60. The molecule has 3 rings (SSSR count). The lowest BCUT2D eigenvalue weighted by Gasteiger charge is -2.28. The van der Waals surface area contributed by atoms with Crippen LogP contribution in [-0.2, 0) is 17.3 Å². The van der Waals surface area contributed by atoms with Crippen LogP contribution in [0.15, 0.2) is 16.7 Å². The highest BCUT2D eigenvalue weighted by molar-refractivity contribution is 6.05. The summed E-state index contributed by atoms with van der Waals surface area (Å²) in [5.41, 5.74) is -2.25. The number of allylic oxidation sites excluding steroid dienone is 1. The van der Waals surface area contributed by atoms with Crippen LogP contribution in [0.4, 0.5) is 13.2 Å². The molecule has 1 spiro atoms. The molecule has 5 nitrogen and oxygen atoms in total. The van der Waals surface area contributed by atoms with Gasteiger partial charge in [0.15, 0.2) is 5.78 Å². The summed E-state index contributed by atoms with van der Waals surface area (Å²) in [5, 5.41) is 0. The van der Waals surface area contributed by atoms with E-state index in [0.29, 0.717) is 0 Å². The van der Waals surface area contributed by atoms with Crippen LogP contribution < -0.4 is 0 Å². The van der Waals surface area contributed by atoms with Gasteiger partial charge in [-0.25, -0.2) is 4.79 Å². The number of carbonyl (C=O) groups is 2. The summed E-state index contributed by atoms with van der Waals surface area (Å²) in [6, 6.07) is 0. The SMILES string of the molecule is CCOC(=O)c1oc2c(c1C(F)(F)F)C(=O)C(/C=C\N(C)C)C1(CC1)C2. The molecule has 142 valence electrons. The third-order valence-corrected chi connectivity index (χ3v) is 4.90. The molecule has 1 atom stereocenters. The molecule has 0 aromatic carbocycles. The van der Waals surface area contributed by atoms with Crippen molar-refractivity contribution >= 4 is 11.8 Å². The summed E-state index contributed by atoms with van der Waals surface area (Å²) in [6.07, 6.45) is 0.106. The average Bonchev–Trinajstić information content (AvgIpc) is 3.15. The second-order valence-corrected chi connectivity index (χ2v) is 7.01. The Kier molecular flexibility index (Phi) is 4.40. The minimum atomic E-state index is -4.89. The van der Waals surface area contributed by atoms with E-state index in [1.807, 2.05) is 0 Å². The van der Waals surface area contributed by atoms with E-state index in [9.17, 15) is 22.8 Å². The van der Waals surface area contributed by atoms with Gasteiger partial charge in [0.1, 0.15) is 11.3 Å². The second kappa shape index (κ2) is 6.17. The molecule has 0 aliphatic heterocycles. The molecule has 26 heavy (non-hydrogen) atoms. The largest absolute Gasteiger partial charge is 0.460 e. The Morgan fingerprint density at radius 3 is 2.54 bits per heavy atom. The van der Waals surface area contributed by atoms with Gasteiger partial charge in [-0.2, -0.15) is 13.2 Å². The molecule has 2 aliphatic rings. The van der Waals surface area contributed by atoms with Crippen molar-refractivity contribution in [3.63, 3.8) is 0 Å². The maximum atomic E-state index is 13.6. The zero-order valence-electron chi connectivity index (χ0n) is 14.8. The number of halogens is 3. The van der Waals surface area contributed by atoms with Gasteiger partial charge in [-0.15, -0.1) is 0 Å². The van der Waals surface area contributed by atoms with Gasteiger partial charge in [-0.1, -0.05) is 6.08 Å². The van der Waals surface area contributed by atoms with Crippen LogP contribution in [0.3, 0.4) is 0 Å². The number of carbonyl (C=O) groups excluding carboxylic acids is 2. The molecule has 0 bridgehead atoms. The molecule has 8 heteroatoms. The number of nitrogens with zero attached hydrogens (tertiary/aromatic N) is 1. The topological polar surface area (TPSA) is 59.8 Å². The summed E-state index contributed by atoms with van der Waals surface area (Å²) >= 11 is 0. The van der Waals surface area contributed by atoms with Crippen molar-refractivity contribution in [1.82, 2.24) is 4.90 Å². The van der Waals surface area contributed by atoms with E-state index in [1.54, 1.807) is 31.3 Å². The van der Waals surface area contributed by atoms with Crippen LogP contribution in [0.5, 0.6) is 0 Å². The Morgan fingerprint density at radius 1 is 1.38 bits per heavy atom. The molecule has 1 unspecified atom stereocenters. The van der Waals surface area contributed by atoms with Crippen molar-refractivity contribution in [2.24, 2.45) is 11.3 Å². The smallest absolute Gasteiger partial charge is 0.421 e. The fraction of sp³-hybridized carbons (Fsp3) is 0.556. The number of esters is 1. The molecular formula is C18H20F3NO4. The number of rotatable bonds is 4. The lowest BCUT2D eigenvalue weighted by Crippen LogP contribution is -2.33. The van der Waals surface area contributed by atoms with E-state index in [-0.39, 0.29) is 18.8 Å². The minimum Gasteiger partial charge on any atom is -0.460 e. The molecule has 0 amide bonds. The number of ketones is 1. The van der Waals surface area contributed by atoms with E-state index in [1.165, 1.54) is 6.92 Å². The third kappa shape index (κ3) is 3.01. The Labute approximate surface area is 148 Å². The first-order chi connectivity index (χ1) is 12.1. The fourth-order valence-electron chi connectivity index (χ4n) is 3.54. The average molecular weight is 371 g/mol. The van der Waals surface area contributed by atoms with Gasteiger partial charge < -0.3 is 14.1 Å². The van der Waals surface area contributed by atoms with Crippen LogP contribution >= 0.6 is 0 Å². The zero-order chi connectivity index (χ0) is 19.3. The van der Waals surface area contributed by atoms with Crippen molar-refractivity contribution in [3.8, 4) is 0 Å². The van der Waals surface area contributed by atoms with Crippen molar-refractivity contribution in [1.29, 1.82) is 0 Å². The lowest BCUT2D eigenvalue weighted by molar-refractivity contribution is -0.138. The van der Waals surface area contributed by atoms with Crippen LogP contribution in [0.2, 0.25) is 0 Å².